The van der Waals surface area contributed by atoms with Crippen molar-refractivity contribution in [1.82, 2.24) is 4.90 Å². The minimum Gasteiger partial charge on any atom is -0.392 e. The molecule has 1 saturated carbocycles. The Labute approximate surface area is 92.1 Å². The van der Waals surface area contributed by atoms with Crippen molar-refractivity contribution in [3.8, 4) is 0 Å². The van der Waals surface area contributed by atoms with E-state index in [1.807, 2.05) is 0 Å². The Hall–Kier alpha value is 0.270. The van der Waals surface area contributed by atoms with Gasteiger partial charge in [-0.05, 0) is 36.3 Å². The Bertz CT molecular complexity index is 195. The van der Waals surface area contributed by atoms with Crippen LogP contribution in [0.2, 0.25) is 0 Å². The first-order chi connectivity index (χ1) is 6.63. The van der Waals surface area contributed by atoms with Gasteiger partial charge in [0.2, 0.25) is 0 Å². The van der Waals surface area contributed by atoms with Crippen molar-refractivity contribution >= 4 is 12.6 Å². The molecule has 2 aliphatic rings. The molecule has 1 N–H and O–H groups in total. The summed E-state index contributed by atoms with van der Waals surface area (Å²) in [5.74, 6) is 1.66. The van der Waals surface area contributed by atoms with E-state index in [9.17, 15) is 5.11 Å². The number of rotatable bonds is 3. The molecule has 2 nitrogen and oxygen atoms in total. The summed E-state index contributed by atoms with van der Waals surface area (Å²) in [6, 6.07) is 0. The van der Waals surface area contributed by atoms with Gasteiger partial charge in [0.1, 0.15) is 0 Å². The molecule has 1 aliphatic heterocycles. The quantitative estimate of drug-likeness (QED) is 0.695. The number of nitrogens with zero attached hydrogens (tertiary/aromatic N) is 1. The van der Waals surface area contributed by atoms with Gasteiger partial charge in [0.25, 0.3) is 0 Å². The number of thiol groups is 1. The molecule has 0 unspecified atom stereocenters. The molecule has 3 heteroatoms. The number of hydrogen-bond acceptors (Lipinski definition) is 3. The molecule has 2 fully saturated rings. The zero-order valence-electron chi connectivity index (χ0n) is 8.95. The molecular weight excluding hydrogens is 194 g/mol. The van der Waals surface area contributed by atoms with E-state index in [2.05, 4.69) is 24.5 Å². The molecule has 0 amide bonds. The fraction of sp³-hybridized carbons (Fsp3) is 1.00. The molecule has 0 spiro atoms. The van der Waals surface area contributed by atoms with Crippen LogP contribution in [0.5, 0.6) is 0 Å². The highest BCUT2D eigenvalue weighted by Gasteiger charge is 2.43. The smallest absolute Gasteiger partial charge is 0.0670 e. The Morgan fingerprint density at radius 3 is 2.64 bits per heavy atom. The predicted octanol–water partition coefficient (Wildman–Crippen LogP) is 1.40. The fourth-order valence-electron chi connectivity index (χ4n) is 2.57. The molecule has 1 aliphatic carbocycles. The fourth-order valence-corrected chi connectivity index (χ4v) is 2.99. The molecule has 2 rings (SSSR count). The highest BCUT2D eigenvalue weighted by atomic mass is 32.1. The lowest BCUT2D eigenvalue weighted by Gasteiger charge is -2.36. The lowest BCUT2D eigenvalue weighted by molar-refractivity contribution is 0.0364. The normalized spacial score (nSPS) is 37.1. The first-order valence-corrected chi connectivity index (χ1v) is 6.28. The number of β-amino-alcohol motifs (C(OH)–C–C–N with tert-alkyl or cyclic N) is 1. The van der Waals surface area contributed by atoms with Crippen LogP contribution in [0.4, 0.5) is 0 Å². The Kier molecular flexibility index (Phi) is 3.10. The van der Waals surface area contributed by atoms with Crippen LogP contribution in [0.25, 0.3) is 0 Å². The molecular formula is C11H21NOS. The van der Waals surface area contributed by atoms with Crippen molar-refractivity contribution in [2.45, 2.75) is 32.3 Å². The second kappa shape index (κ2) is 4.03. The minimum atomic E-state index is -0.102. The molecule has 0 aromatic carbocycles. The zero-order chi connectivity index (χ0) is 10.2. The van der Waals surface area contributed by atoms with Crippen molar-refractivity contribution in [3.05, 3.63) is 0 Å². The molecule has 14 heavy (non-hydrogen) atoms. The molecule has 82 valence electrons. The summed E-state index contributed by atoms with van der Waals surface area (Å²) < 4.78 is 0. The van der Waals surface area contributed by atoms with Gasteiger partial charge in [-0.15, -0.1) is 0 Å². The molecule has 0 aromatic heterocycles. The summed E-state index contributed by atoms with van der Waals surface area (Å²) in [7, 11) is 0. The third-order valence-electron chi connectivity index (χ3n) is 3.56. The van der Waals surface area contributed by atoms with Crippen LogP contribution in [0.1, 0.15) is 26.2 Å². The standard InChI is InChI=1S/C11H21NOS/c1-9-4-10(13)6-12(5-9)7-11(8-14)2-3-11/h9-10,13-14H,2-8H2,1H3/t9-,10+/m1/s1. The van der Waals surface area contributed by atoms with Crippen molar-refractivity contribution < 1.29 is 5.11 Å². The summed E-state index contributed by atoms with van der Waals surface area (Å²) in [5, 5.41) is 9.68. The largest absolute Gasteiger partial charge is 0.392 e. The maximum atomic E-state index is 9.68. The average Bonchev–Trinajstić information content (AvgIpc) is 2.83. The van der Waals surface area contributed by atoms with Crippen LogP contribution in [-0.2, 0) is 0 Å². The van der Waals surface area contributed by atoms with Gasteiger partial charge >= 0.3 is 0 Å². The summed E-state index contributed by atoms with van der Waals surface area (Å²) >= 11 is 4.42. The highest BCUT2D eigenvalue weighted by molar-refractivity contribution is 7.80. The number of hydrogen-bond donors (Lipinski definition) is 2. The second-order valence-corrected chi connectivity index (χ2v) is 5.66. The first-order valence-electron chi connectivity index (χ1n) is 5.65. The molecule has 1 heterocycles. The predicted molar refractivity (Wildman–Crippen MR) is 61.7 cm³/mol. The average molecular weight is 215 g/mol. The minimum absolute atomic E-state index is 0.102. The van der Waals surface area contributed by atoms with Crippen molar-refractivity contribution in [3.63, 3.8) is 0 Å². The van der Waals surface area contributed by atoms with E-state index in [-0.39, 0.29) is 6.10 Å². The number of aliphatic hydroxyl groups is 1. The van der Waals surface area contributed by atoms with Crippen LogP contribution in [0.15, 0.2) is 0 Å². The third kappa shape index (κ3) is 2.44. The monoisotopic (exact) mass is 215 g/mol. The van der Waals surface area contributed by atoms with Crippen molar-refractivity contribution in [2.24, 2.45) is 11.3 Å². The molecule has 0 radical (unpaired) electrons. The zero-order valence-corrected chi connectivity index (χ0v) is 9.84. The van der Waals surface area contributed by atoms with E-state index in [1.54, 1.807) is 0 Å². The van der Waals surface area contributed by atoms with Gasteiger partial charge in [-0.1, -0.05) is 6.92 Å². The summed E-state index contributed by atoms with van der Waals surface area (Å²) in [6.07, 6.45) is 3.54. The van der Waals surface area contributed by atoms with Gasteiger partial charge < -0.3 is 5.11 Å². The maximum Gasteiger partial charge on any atom is 0.0670 e. The van der Waals surface area contributed by atoms with Crippen LogP contribution in [-0.4, -0.2) is 41.5 Å². The molecule has 0 aromatic rings. The van der Waals surface area contributed by atoms with Gasteiger partial charge in [0, 0.05) is 19.6 Å². The molecule has 2 atom stereocenters. The van der Waals surface area contributed by atoms with E-state index in [4.69, 9.17) is 0 Å². The van der Waals surface area contributed by atoms with Crippen LogP contribution < -0.4 is 0 Å². The molecule has 1 saturated heterocycles. The van der Waals surface area contributed by atoms with Crippen molar-refractivity contribution in [2.75, 3.05) is 25.4 Å². The number of aliphatic hydroxyl groups excluding tert-OH is 1. The third-order valence-corrected chi connectivity index (χ3v) is 4.24. The number of piperidine rings is 1. The van der Waals surface area contributed by atoms with Gasteiger partial charge in [-0.3, -0.25) is 4.90 Å². The SMILES string of the molecule is C[C@@H]1C[C@H](O)CN(CC2(CS)CC2)C1. The lowest BCUT2D eigenvalue weighted by atomic mass is 9.96. The summed E-state index contributed by atoms with van der Waals surface area (Å²) in [5.41, 5.74) is 0.500. The summed E-state index contributed by atoms with van der Waals surface area (Å²) in [6.45, 7) is 5.42. The second-order valence-electron chi connectivity index (χ2n) is 5.35. The van der Waals surface area contributed by atoms with Gasteiger partial charge in [-0.2, -0.15) is 12.6 Å². The van der Waals surface area contributed by atoms with Gasteiger partial charge in [0.15, 0.2) is 0 Å². The Morgan fingerprint density at radius 1 is 1.43 bits per heavy atom. The van der Waals surface area contributed by atoms with E-state index < -0.39 is 0 Å². The lowest BCUT2D eigenvalue weighted by Crippen LogP contribution is -2.45. The van der Waals surface area contributed by atoms with Crippen molar-refractivity contribution in [1.29, 1.82) is 0 Å². The van der Waals surface area contributed by atoms with E-state index >= 15 is 0 Å². The molecule has 0 bridgehead atoms. The Balaban J connectivity index is 1.85. The van der Waals surface area contributed by atoms with Crippen LogP contribution in [0.3, 0.4) is 0 Å². The first kappa shape index (κ1) is 10.8. The van der Waals surface area contributed by atoms with E-state index in [1.165, 1.54) is 12.8 Å². The topological polar surface area (TPSA) is 23.5 Å². The van der Waals surface area contributed by atoms with Crippen LogP contribution >= 0.6 is 12.6 Å². The highest BCUT2D eigenvalue weighted by Crippen LogP contribution is 2.47. The Morgan fingerprint density at radius 2 is 2.14 bits per heavy atom. The van der Waals surface area contributed by atoms with Gasteiger partial charge in [0.05, 0.1) is 6.10 Å². The van der Waals surface area contributed by atoms with Crippen LogP contribution in [0, 0.1) is 11.3 Å². The maximum absolute atomic E-state index is 9.68. The van der Waals surface area contributed by atoms with Gasteiger partial charge in [-0.25, -0.2) is 0 Å². The summed E-state index contributed by atoms with van der Waals surface area (Å²) in [4.78, 5) is 2.43. The number of likely N-dealkylation sites (tertiary alicyclic amines) is 1. The van der Waals surface area contributed by atoms with E-state index in [0.717, 1.165) is 31.8 Å². The van der Waals surface area contributed by atoms with E-state index in [0.29, 0.717) is 11.3 Å².